The largest absolute Gasteiger partial charge is 0.369 e. The first-order valence-corrected chi connectivity index (χ1v) is 4.33. The summed E-state index contributed by atoms with van der Waals surface area (Å²) in [5, 5.41) is 2.67. The zero-order chi connectivity index (χ0) is 10.7. The summed E-state index contributed by atoms with van der Waals surface area (Å²) < 4.78 is 1.36. The second-order valence-electron chi connectivity index (χ2n) is 3.02. The number of nitrogens with zero attached hydrogens (tertiary/aromatic N) is 2. The summed E-state index contributed by atoms with van der Waals surface area (Å²) in [6.45, 7) is 3.14. The topological polar surface area (TPSA) is 64.0 Å². The highest BCUT2D eigenvalue weighted by atomic mass is 16.1. The molecule has 0 aliphatic rings. The quantitative estimate of drug-likeness (QED) is 0.759. The van der Waals surface area contributed by atoms with E-state index < -0.39 is 6.04 Å². The first kappa shape index (κ1) is 10.4. The van der Waals surface area contributed by atoms with E-state index in [9.17, 15) is 9.59 Å². The van der Waals surface area contributed by atoms with Crippen molar-refractivity contribution in [3.05, 3.63) is 22.7 Å². The maximum atomic E-state index is 11.6. The highest BCUT2D eigenvalue weighted by Gasteiger charge is 2.12. The number of nitrogens with one attached hydrogen (secondary N) is 1. The van der Waals surface area contributed by atoms with Gasteiger partial charge in [-0.25, -0.2) is 4.98 Å². The molecule has 1 atom stereocenters. The van der Waals surface area contributed by atoms with Crippen molar-refractivity contribution >= 4 is 11.6 Å². The molecule has 0 aliphatic carbocycles. The van der Waals surface area contributed by atoms with E-state index in [4.69, 9.17) is 0 Å². The molecular formula is C9H13N3O2. The van der Waals surface area contributed by atoms with Crippen LogP contribution in [0.15, 0.2) is 17.2 Å². The SMILES string of the molecule is CNc1nccn(C(C)C(C)=O)c1=O. The number of Topliss-reactive ketones (excluding diaryl/α,β-unsaturated/α-hetero) is 1. The molecule has 14 heavy (non-hydrogen) atoms. The Balaban J connectivity index is 3.23. The average Bonchev–Trinajstić information content (AvgIpc) is 2.17. The van der Waals surface area contributed by atoms with E-state index in [0.717, 1.165) is 0 Å². The van der Waals surface area contributed by atoms with Crippen molar-refractivity contribution in [2.75, 3.05) is 12.4 Å². The van der Waals surface area contributed by atoms with Crippen LogP contribution in [0.3, 0.4) is 0 Å². The molecule has 0 saturated carbocycles. The van der Waals surface area contributed by atoms with Crippen LogP contribution in [0.2, 0.25) is 0 Å². The van der Waals surface area contributed by atoms with Gasteiger partial charge in [-0.3, -0.25) is 9.59 Å². The van der Waals surface area contributed by atoms with Crippen molar-refractivity contribution in [3.63, 3.8) is 0 Å². The first-order valence-electron chi connectivity index (χ1n) is 4.33. The zero-order valence-corrected chi connectivity index (χ0v) is 8.44. The van der Waals surface area contributed by atoms with Crippen molar-refractivity contribution < 1.29 is 4.79 Å². The monoisotopic (exact) mass is 195 g/mol. The minimum absolute atomic E-state index is 0.0552. The summed E-state index contributed by atoms with van der Waals surface area (Å²) in [5.41, 5.74) is -0.280. The van der Waals surface area contributed by atoms with Crippen molar-refractivity contribution in [3.8, 4) is 0 Å². The Morgan fingerprint density at radius 3 is 2.79 bits per heavy atom. The minimum atomic E-state index is -0.447. The number of hydrogen-bond donors (Lipinski definition) is 1. The first-order chi connectivity index (χ1) is 6.57. The third-order valence-electron chi connectivity index (χ3n) is 2.11. The van der Waals surface area contributed by atoms with Crippen molar-refractivity contribution in [2.45, 2.75) is 19.9 Å². The van der Waals surface area contributed by atoms with Crippen molar-refractivity contribution in [1.82, 2.24) is 9.55 Å². The zero-order valence-electron chi connectivity index (χ0n) is 8.44. The molecule has 0 fully saturated rings. The number of aromatic nitrogens is 2. The number of hydrogen-bond acceptors (Lipinski definition) is 4. The molecule has 0 amide bonds. The molecule has 5 heteroatoms. The highest BCUT2D eigenvalue weighted by Crippen LogP contribution is 2.03. The van der Waals surface area contributed by atoms with Crippen LogP contribution in [-0.4, -0.2) is 22.4 Å². The van der Waals surface area contributed by atoms with Crippen LogP contribution in [0.1, 0.15) is 19.9 Å². The van der Waals surface area contributed by atoms with Crippen LogP contribution in [0.25, 0.3) is 0 Å². The predicted octanol–water partition coefficient (Wildman–Crippen LogP) is 0.435. The van der Waals surface area contributed by atoms with Gasteiger partial charge in [-0.05, 0) is 13.8 Å². The molecule has 1 unspecified atom stereocenters. The van der Waals surface area contributed by atoms with Crippen LogP contribution in [0.4, 0.5) is 5.82 Å². The van der Waals surface area contributed by atoms with Gasteiger partial charge in [-0.1, -0.05) is 0 Å². The lowest BCUT2D eigenvalue weighted by Crippen LogP contribution is -2.28. The van der Waals surface area contributed by atoms with Gasteiger partial charge >= 0.3 is 0 Å². The smallest absolute Gasteiger partial charge is 0.293 e. The molecule has 1 rings (SSSR count). The lowest BCUT2D eigenvalue weighted by molar-refractivity contribution is -0.119. The van der Waals surface area contributed by atoms with Crippen molar-refractivity contribution in [2.24, 2.45) is 0 Å². The van der Waals surface area contributed by atoms with Gasteiger partial charge in [-0.15, -0.1) is 0 Å². The fraction of sp³-hybridized carbons (Fsp3) is 0.444. The molecule has 0 saturated heterocycles. The normalized spacial score (nSPS) is 12.2. The lowest BCUT2D eigenvalue weighted by atomic mass is 10.2. The Kier molecular flexibility index (Phi) is 3.01. The number of rotatable bonds is 3. The van der Waals surface area contributed by atoms with E-state index in [1.165, 1.54) is 23.9 Å². The van der Waals surface area contributed by atoms with Crippen LogP contribution in [-0.2, 0) is 4.79 Å². The van der Waals surface area contributed by atoms with E-state index in [1.807, 2.05) is 0 Å². The van der Waals surface area contributed by atoms with Crippen LogP contribution >= 0.6 is 0 Å². The second-order valence-corrected chi connectivity index (χ2v) is 3.02. The van der Waals surface area contributed by atoms with Crippen LogP contribution < -0.4 is 10.9 Å². The fourth-order valence-electron chi connectivity index (χ4n) is 1.10. The maximum absolute atomic E-state index is 11.6. The van der Waals surface area contributed by atoms with Gasteiger partial charge in [0.1, 0.15) is 0 Å². The molecule has 76 valence electrons. The second kappa shape index (κ2) is 4.04. The van der Waals surface area contributed by atoms with Crippen LogP contribution in [0, 0.1) is 0 Å². The third kappa shape index (κ3) is 1.81. The molecular weight excluding hydrogens is 182 g/mol. The standard InChI is InChI=1S/C9H13N3O2/c1-6(7(2)13)12-5-4-11-8(10-3)9(12)14/h4-6H,1-3H3,(H,10,11). The molecule has 0 aromatic carbocycles. The van der Waals surface area contributed by atoms with Gasteiger partial charge in [0.05, 0.1) is 6.04 Å². The number of carbonyl (C=O) groups excluding carboxylic acids is 1. The Hall–Kier alpha value is -1.65. The molecule has 0 radical (unpaired) electrons. The van der Waals surface area contributed by atoms with E-state index in [2.05, 4.69) is 10.3 Å². The Bertz CT molecular complexity index is 397. The summed E-state index contributed by atoms with van der Waals surface area (Å²) in [7, 11) is 1.62. The number of anilines is 1. The summed E-state index contributed by atoms with van der Waals surface area (Å²) in [6, 6.07) is -0.447. The minimum Gasteiger partial charge on any atom is -0.369 e. The molecule has 1 heterocycles. The van der Waals surface area contributed by atoms with Gasteiger partial charge < -0.3 is 9.88 Å². The third-order valence-corrected chi connectivity index (χ3v) is 2.11. The van der Waals surface area contributed by atoms with Gasteiger partial charge in [0.2, 0.25) is 0 Å². The van der Waals surface area contributed by atoms with Gasteiger partial charge in [0, 0.05) is 19.4 Å². The summed E-state index contributed by atoms with van der Waals surface area (Å²) in [6.07, 6.45) is 3.00. The lowest BCUT2D eigenvalue weighted by Gasteiger charge is -2.11. The number of ketones is 1. The van der Waals surface area contributed by atoms with Gasteiger partial charge in [-0.2, -0.15) is 0 Å². The molecule has 0 aliphatic heterocycles. The fourth-order valence-corrected chi connectivity index (χ4v) is 1.10. The van der Waals surface area contributed by atoms with E-state index in [1.54, 1.807) is 14.0 Å². The van der Waals surface area contributed by atoms with Gasteiger partial charge in [0.15, 0.2) is 11.6 Å². The van der Waals surface area contributed by atoms with Crippen LogP contribution in [0.5, 0.6) is 0 Å². The van der Waals surface area contributed by atoms with E-state index in [-0.39, 0.29) is 17.2 Å². The molecule has 5 nitrogen and oxygen atoms in total. The molecule has 1 aromatic rings. The Morgan fingerprint density at radius 2 is 2.29 bits per heavy atom. The molecule has 1 N–H and O–H groups in total. The Labute approximate surface area is 81.8 Å². The van der Waals surface area contributed by atoms with E-state index in [0.29, 0.717) is 0 Å². The van der Waals surface area contributed by atoms with Crippen molar-refractivity contribution in [1.29, 1.82) is 0 Å². The molecule has 0 spiro atoms. The average molecular weight is 195 g/mol. The highest BCUT2D eigenvalue weighted by molar-refractivity contribution is 5.79. The predicted molar refractivity (Wildman–Crippen MR) is 53.4 cm³/mol. The summed E-state index contributed by atoms with van der Waals surface area (Å²) in [4.78, 5) is 26.6. The maximum Gasteiger partial charge on any atom is 0.293 e. The molecule has 0 bridgehead atoms. The van der Waals surface area contributed by atoms with E-state index >= 15 is 0 Å². The molecule has 1 aromatic heterocycles. The Morgan fingerprint density at radius 1 is 1.64 bits per heavy atom. The van der Waals surface area contributed by atoms with Gasteiger partial charge in [0.25, 0.3) is 5.56 Å². The summed E-state index contributed by atoms with van der Waals surface area (Å²) >= 11 is 0. The number of carbonyl (C=O) groups is 1. The summed E-state index contributed by atoms with van der Waals surface area (Å²) in [5.74, 6) is 0.195.